The second-order valence-corrected chi connectivity index (χ2v) is 6.30. The van der Waals surface area contributed by atoms with Crippen molar-refractivity contribution < 1.29 is 4.79 Å². The minimum Gasteiger partial charge on any atom is -0.353 e. The third-order valence-electron chi connectivity index (χ3n) is 4.53. The average Bonchev–Trinajstić information content (AvgIpc) is 2.58. The van der Waals surface area contributed by atoms with E-state index in [1.165, 1.54) is 0 Å². The Balaban J connectivity index is 0. The molecule has 0 aliphatic heterocycles. The first-order chi connectivity index (χ1) is 11.0. The highest BCUT2D eigenvalue weighted by Crippen LogP contribution is 2.19. The molecule has 0 radical (unpaired) electrons. The molecule has 4 nitrogen and oxygen atoms in total. The van der Waals surface area contributed by atoms with Crippen LogP contribution in [-0.4, -0.2) is 36.5 Å². The molecule has 0 heterocycles. The van der Waals surface area contributed by atoms with Gasteiger partial charge in [-0.15, -0.1) is 24.8 Å². The first-order valence-electron chi connectivity index (χ1n) is 8.82. The number of rotatable bonds is 10. The lowest BCUT2D eigenvalue weighted by Crippen LogP contribution is -2.40. The second-order valence-electron chi connectivity index (χ2n) is 6.30. The Morgan fingerprint density at radius 1 is 1.12 bits per heavy atom. The van der Waals surface area contributed by atoms with E-state index in [0.717, 1.165) is 38.0 Å². The Hall–Kier alpha value is -0.810. The molecule has 1 amide bonds. The van der Waals surface area contributed by atoms with Crippen LogP contribution in [0.25, 0.3) is 0 Å². The maximum Gasteiger partial charge on any atom is 0.224 e. The molecular formula is C19H35Cl2N3O. The SMILES string of the molecule is CCN(CC)CCCC(C)NC(=O)C(C)C(N)c1ccccc1.Cl.Cl. The molecule has 0 saturated heterocycles. The minimum absolute atomic E-state index is 0. The van der Waals surface area contributed by atoms with Crippen LogP contribution in [0.3, 0.4) is 0 Å². The van der Waals surface area contributed by atoms with Crippen molar-refractivity contribution in [3.8, 4) is 0 Å². The predicted octanol–water partition coefficient (Wildman–Crippen LogP) is 3.79. The van der Waals surface area contributed by atoms with Crippen LogP contribution in [0.4, 0.5) is 0 Å². The molecule has 3 unspecified atom stereocenters. The fraction of sp³-hybridized carbons (Fsp3) is 0.632. The van der Waals surface area contributed by atoms with Crippen molar-refractivity contribution in [2.24, 2.45) is 11.7 Å². The van der Waals surface area contributed by atoms with Crippen LogP contribution in [0.5, 0.6) is 0 Å². The van der Waals surface area contributed by atoms with E-state index in [1.807, 2.05) is 37.3 Å². The van der Waals surface area contributed by atoms with Crippen LogP contribution < -0.4 is 11.1 Å². The monoisotopic (exact) mass is 391 g/mol. The van der Waals surface area contributed by atoms with E-state index in [0.29, 0.717) is 0 Å². The number of carbonyl (C=O) groups is 1. The second kappa shape index (κ2) is 14.4. The fourth-order valence-electron chi connectivity index (χ4n) is 2.73. The normalized spacial score (nSPS) is 14.0. The molecule has 25 heavy (non-hydrogen) atoms. The highest BCUT2D eigenvalue weighted by atomic mass is 35.5. The van der Waals surface area contributed by atoms with Crippen molar-refractivity contribution in [1.29, 1.82) is 0 Å². The summed E-state index contributed by atoms with van der Waals surface area (Å²) in [7, 11) is 0. The van der Waals surface area contributed by atoms with E-state index in [4.69, 9.17) is 5.73 Å². The van der Waals surface area contributed by atoms with Gasteiger partial charge in [0.05, 0.1) is 5.92 Å². The zero-order valence-corrected chi connectivity index (χ0v) is 17.5. The largest absolute Gasteiger partial charge is 0.353 e. The van der Waals surface area contributed by atoms with Crippen LogP contribution in [0, 0.1) is 5.92 Å². The van der Waals surface area contributed by atoms with Crippen molar-refractivity contribution in [3.05, 3.63) is 35.9 Å². The van der Waals surface area contributed by atoms with Crippen molar-refractivity contribution in [2.75, 3.05) is 19.6 Å². The first kappa shape index (κ1) is 26.4. The molecule has 146 valence electrons. The summed E-state index contributed by atoms with van der Waals surface area (Å²) in [5.74, 6) is -0.195. The van der Waals surface area contributed by atoms with Gasteiger partial charge < -0.3 is 16.0 Å². The third kappa shape index (κ3) is 9.45. The Morgan fingerprint density at radius 3 is 2.20 bits per heavy atom. The summed E-state index contributed by atoms with van der Waals surface area (Å²) in [6.45, 7) is 11.6. The summed E-state index contributed by atoms with van der Waals surface area (Å²) in [6.07, 6.45) is 2.10. The highest BCUT2D eigenvalue weighted by Gasteiger charge is 2.23. The molecule has 0 aliphatic carbocycles. The lowest BCUT2D eigenvalue weighted by Gasteiger charge is -2.23. The Labute approximate surface area is 165 Å². The van der Waals surface area contributed by atoms with Gasteiger partial charge in [-0.1, -0.05) is 51.1 Å². The lowest BCUT2D eigenvalue weighted by atomic mass is 9.94. The van der Waals surface area contributed by atoms with Gasteiger partial charge in [0, 0.05) is 12.1 Å². The predicted molar refractivity (Wildman–Crippen MR) is 112 cm³/mol. The number of amides is 1. The van der Waals surface area contributed by atoms with Crippen LogP contribution in [0.2, 0.25) is 0 Å². The van der Waals surface area contributed by atoms with Gasteiger partial charge in [-0.3, -0.25) is 4.79 Å². The smallest absolute Gasteiger partial charge is 0.224 e. The number of hydrogen-bond donors (Lipinski definition) is 2. The van der Waals surface area contributed by atoms with Crippen molar-refractivity contribution in [1.82, 2.24) is 10.2 Å². The summed E-state index contributed by atoms with van der Waals surface area (Å²) in [5.41, 5.74) is 7.23. The highest BCUT2D eigenvalue weighted by molar-refractivity contribution is 5.85. The molecule has 1 aromatic carbocycles. The first-order valence-corrected chi connectivity index (χ1v) is 8.82. The Kier molecular flexibility index (Phi) is 15.2. The number of nitrogens with two attached hydrogens (primary N) is 1. The average molecular weight is 392 g/mol. The van der Waals surface area contributed by atoms with E-state index in [9.17, 15) is 4.79 Å². The molecule has 6 heteroatoms. The van der Waals surface area contributed by atoms with Gasteiger partial charge in [0.2, 0.25) is 5.91 Å². The van der Waals surface area contributed by atoms with Crippen LogP contribution >= 0.6 is 24.8 Å². The molecule has 0 fully saturated rings. The summed E-state index contributed by atoms with van der Waals surface area (Å²) in [5, 5.41) is 3.10. The van der Waals surface area contributed by atoms with E-state index in [2.05, 4.69) is 31.0 Å². The van der Waals surface area contributed by atoms with Crippen LogP contribution in [-0.2, 0) is 4.79 Å². The topological polar surface area (TPSA) is 58.4 Å². The molecule has 3 N–H and O–H groups in total. The van der Waals surface area contributed by atoms with E-state index >= 15 is 0 Å². The van der Waals surface area contributed by atoms with Gasteiger partial charge in [-0.25, -0.2) is 0 Å². The molecule has 1 aromatic rings. The molecule has 3 atom stereocenters. The van der Waals surface area contributed by atoms with Gasteiger partial charge >= 0.3 is 0 Å². The van der Waals surface area contributed by atoms with Crippen LogP contribution in [0.1, 0.15) is 52.1 Å². The molecule has 0 aliphatic rings. The third-order valence-corrected chi connectivity index (χ3v) is 4.53. The zero-order chi connectivity index (χ0) is 17.2. The summed E-state index contributed by atoms with van der Waals surface area (Å²) in [6, 6.07) is 9.73. The van der Waals surface area contributed by atoms with Crippen molar-refractivity contribution in [3.63, 3.8) is 0 Å². The molecule has 0 aromatic heterocycles. The van der Waals surface area contributed by atoms with Gasteiger partial charge in [0.25, 0.3) is 0 Å². The Bertz CT molecular complexity index is 455. The maximum atomic E-state index is 12.4. The van der Waals surface area contributed by atoms with E-state index in [1.54, 1.807) is 0 Å². The zero-order valence-electron chi connectivity index (χ0n) is 15.9. The Morgan fingerprint density at radius 2 is 1.68 bits per heavy atom. The number of carbonyl (C=O) groups excluding carboxylic acids is 1. The molecule has 0 spiro atoms. The summed E-state index contributed by atoms with van der Waals surface area (Å²) in [4.78, 5) is 14.8. The van der Waals surface area contributed by atoms with E-state index in [-0.39, 0.29) is 48.7 Å². The number of nitrogens with one attached hydrogen (secondary N) is 1. The lowest BCUT2D eigenvalue weighted by molar-refractivity contribution is -0.125. The molecular weight excluding hydrogens is 357 g/mol. The summed E-state index contributed by atoms with van der Waals surface area (Å²) < 4.78 is 0. The van der Waals surface area contributed by atoms with Crippen molar-refractivity contribution >= 4 is 30.7 Å². The number of nitrogens with zero attached hydrogens (tertiary/aromatic N) is 1. The summed E-state index contributed by atoms with van der Waals surface area (Å²) >= 11 is 0. The molecule has 0 bridgehead atoms. The quantitative estimate of drug-likeness (QED) is 0.637. The number of benzene rings is 1. The van der Waals surface area contributed by atoms with Gasteiger partial charge in [0.15, 0.2) is 0 Å². The van der Waals surface area contributed by atoms with Crippen LogP contribution in [0.15, 0.2) is 30.3 Å². The molecule has 1 rings (SSSR count). The van der Waals surface area contributed by atoms with Gasteiger partial charge in [0.1, 0.15) is 0 Å². The van der Waals surface area contributed by atoms with Gasteiger partial charge in [-0.05, 0) is 45.0 Å². The minimum atomic E-state index is -0.265. The van der Waals surface area contributed by atoms with Crippen molar-refractivity contribution in [2.45, 2.75) is 52.6 Å². The number of halogens is 2. The fourth-order valence-corrected chi connectivity index (χ4v) is 2.73. The standard InChI is InChI=1S/C19H33N3O.2ClH/c1-5-22(6-2)14-10-11-15(3)21-19(23)16(4)18(20)17-12-8-7-9-13-17;;/h7-9,12-13,15-16,18H,5-6,10-11,14,20H2,1-4H3,(H,21,23);2*1H. The molecule has 0 saturated carbocycles. The maximum absolute atomic E-state index is 12.4. The number of hydrogen-bond acceptors (Lipinski definition) is 3. The van der Waals surface area contributed by atoms with Gasteiger partial charge in [-0.2, -0.15) is 0 Å². The van der Waals surface area contributed by atoms with E-state index < -0.39 is 0 Å².